The lowest BCUT2D eigenvalue weighted by molar-refractivity contribution is 0.103. The summed E-state index contributed by atoms with van der Waals surface area (Å²) in [4.78, 5) is 12.6. The van der Waals surface area contributed by atoms with Gasteiger partial charge >= 0.3 is 0 Å². The summed E-state index contributed by atoms with van der Waals surface area (Å²) in [6, 6.07) is 13.2. The first-order valence-corrected chi connectivity index (χ1v) is 7.08. The maximum Gasteiger partial charge on any atom is 0.265 e. The number of rotatable bonds is 2. The summed E-state index contributed by atoms with van der Waals surface area (Å²) in [6.45, 7) is 0. The second-order valence-corrected chi connectivity index (χ2v) is 5.74. The molecule has 20 heavy (non-hydrogen) atoms. The summed E-state index contributed by atoms with van der Waals surface area (Å²) in [7, 11) is 0. The van der Waals surface area contributed by atoms with Gasteiger partial charge in [-0.05, 0) is 42.5 Å². The Bertz CT molecular complexity index is 782. The van der Waals surface area contributed by atoms with Gasteiger partial charge in [0.25, 0.3) is 5.91 Å². The summed E-state index contributed by atoms with van der Waals surface area (Å²) < 4.78 is 14.4. The number of carbonyl (C=O) groups excluding carboxylic acids is 1. The van der Waals surface area contributed by atoms with Crippen molar-refractivity contribution in [2.75, 3.05) is 5.32 Å². The van der Waals surface area contributed by atoms with Crippen LogP contribution in [-0.2, 0) is 0 Å². The van der Waals surface area contributed by atoms with E-state index in [9.17, 15) is 9.18 Å². The van der Waals surface area contributed by atoms with Gasteiger partial charge in [0, 0.05) is 20.8 Å². The highest BCUT2D eigenvalue weighted by molar-refractivity contribution is 7.20. The maximum absolute atomic E-state index is 13.6. The van der Waals surface area contributed by atoms with Gasteiger partial charge in [-0.15, -0.1) is 11.3 Å². The molecule has 3 rings (SSSR count). The predicted octanol–water partition coefficient (Wildman–Crippen LogP) is 4.95. The van der Waals surface area contributed by atoms with Crippen LogP contribution >= 0.6 is 22.9 Å². The topological polar surface area (TPSA) is 29.1 Å². The fourth-order valence-electron chi connectivity index (χ4n) is 1.86. The van der Waals surface area contributed by atoms with Crippen LogP contribution in [0.1, 0.15) is 9.67 Å². The number of nitrogens with one attached hydrogen (secondary N) is 1. The van der Waals surface area contributed by atoms with E-state index in [-0.39, 0.29) is 11.7 Å². The molecule has 0 aliphatic carbocycles. The smallest absolute Gasteiger partial charge is 0.265 e. The molecule has 0 fully saturated rings. The van der Waals surface area contributed by atoms with E-state index in [1.165, 1.54) is 17.4 Å². The Hall–Kier alpha value is -1.91. The SMILES string of the molecule is O=C(Nc1ccc(Cl)cc1)c1cc2c(F)cccc2s1. The molecule has 1 aromatic heterocycles. The number of thiophene rings is 1. The van der Waals surface area contributed by atoms with Gasteiger partial charge in [-0.1, -0.05) is 17.7 Å². The zero-order valence-corrected chi connectivity index (χ0v) is 11.8. The molecule has 0 unspecified atom stereocenters. The van der Waals surface area contributed by atoms with Crippen molar-refractivity contribution in [1.29, 1.82) is 0 Å². The molecule has 0 aliphatic rings. The number of benzene rings is 2. The van der Waals surface area contributed by atoms with E-state index in [1.807, 2.05) is 0 Å². The number of amides is 1. The molecule has 1 N–H and O–H groups in total. The molecule has 0 spiro atoms. The molecule has 0 saturated heterocycles. The summed E-state index contributed by atoms with van der Waals surface area (Å²) in [5, 5.41) is 3.83. The highest BCUT2D eigenvalue weighted by Gasteiger charge is 2.12. The van der Waals surface area contributed by atoms with Crippen molar-refractivity contribution in [3.05, 3.63) is 64.2 Å². The van der Waals surface area contributed by atoms with E-state index in [0.717, 1.165) is 4.70 Å². The van der Waals surface area contributed by atoms with Crippen molar-refractivity contribution in [1.82, 2.24) is 0 Å². The molecule has 0 bridgehead atoms. The molecule has 0 atom stereocenters. The Kier molecular flexibility index (Phi) is 3.42. The number of hydrogen-bond donors (Lipinski definition) is 1. The van der Waals surface area contributed by atoms with Crippen molar-refractivity contribution < 1.29 is 9.18 Å². The quantitative estimate of drug-likeness (QED) is 0.713. The molecule has 3 aromatic rings. The Balaban J connectivity index is 1.89. The highest BCUT2D eigenvalue weighted by Crippen LogP contribution is 2.28. The lowest BCUT2D eigenvalue weighted by Gasteiger charge is -2.02. The summed E-state index contributed by atoms with van der Waals surface area (Å²) in [6.07, 6.45) is 0. The van der Waals surface area contributed by atoms with Crippen molar-refractivity contribution in [2.45, 2.75) is 0 Å². The van der Waals surface area contributed by atoms with Crippen LogP contribution in [0.3, 0.4) is 0 Å². The second kappa shape index (κ2) is 5.23. The summed E-state index contributed by atoms with van der Waals surface area (Å²) >= 11 is 7.05. The van der Waals surface area contributed by atoms with Crippen LogP contribution in [-0.4, -0.2) is 5.91 Å². The fraction of sp³-hybridized carbons (Fsp3) is 0. The largest absolute Gasteiger partial charge is 0.321 e. The Labute approximate surface area is 123 Å². The van der Waals surface area contributed by atoms with Crippen molar-refractivity contribution in [2.24, 2.45) is 0 Å². The third-order valence-electron chi connectivity index (χ3n) is 2.83. The molecule has 0 radical (unpaired) electrons. The normalized spacial score (nSPS) is 10.7. The van der Waals surface area contributed by atoms with E-state index in [2.05, 4.69) is 5.32 Å². The molecule has 0 saturated carbocycles. The van der Waals surface area contributed by atoms with Crippen LogP contribution in [0.15, 0.2) is 48.5 Å². The highest BCUT2D eigenvalue weighted by atomic mass is 35.5. The minimum atomic E-state index is -0.315. The van der Waals surface area contributed by atoms with Gasteiger partial charge in [-0.25, -0.2) is 4.39 Å². The first-order chi connectivity index (χ1) is 9.63. The standard InChI is InChI=1S/C15H9ClFNOS/c16-9-4-6-10(7-5-9)18-15(19)14-8-11-12(17)2-1-3-13(11)20-14/h1-8H,(H,18,19). The maximum atomic E-state index is 13.6. The van der Waals surface area contributed by atoms with E-state index in [1.54, 1.807) is 42.5 Å². The molecular formula is C15H9ClFNOS. The van der Waals surface area contributed by atoms with Gasteiger partial charge in [0.1, 0.15) is 5.82 Å². The van der Waals surface area contributed by atoms with Gasteiger partial charge < -0.3 is 5.32 Å². The van der Waals surface area contributed by atoms with Crippen LogP contribution in [0, 0.1) is 5.82 Å². The Morgan fingerprint density at radius 1 is 1.15 bits per heavy atom. The first-order valence-electron chi connectivity index (χ1n) is 5.88. The molecule has 1 heterocycles. The third-order valence-corrected chi connectivity index (χ3v) is 4.19. The van der Waals surface area contributed by atoms with Crippen LogP contribution < -0.4 is 5.32 Å². The number of halogens is 2. The number of carbonyl (C=O) groups is 1. The van der Waals surface area contributed by atoms with Crippen molar-refractivity contribution in [3.63, 3.8) is 0 Å². The Morgan fingerprint density at radius 2 is 1.90 bits per heavy atom. The summed E-state index contributed by atoms with van der Waals surface area (Å²) in [5.41, 5.74) is 0.650. The minimum Gasteiger partial charge on any atom is -0.321 e. The van der Waals surface area contributed by atoms with Gasteiger partial charge in [-0.3, -0.25) is 4.79 Å². The molecule has 2 aromatic carbocycles. The fourth-order valence-corrected chi connectivity index (χ4v) is 2.96. The van der Waals surface area contributed by atoms with Crippen LogP contribution in [0.25, 0.3) is 10.1 Å². The van der Waals surface area contributed by atoms with Gasteiger partial charge in [-0.2, -0.15) is 0 Å². The van der Waals surface area contributed by atoms with E-state index in [4.69, 9.17) is 11.6 Å². The molecule has 100 valence electrons. The average Bonchev–Trinajstić information content (AvgIpc) is 2.87. The summed E-state index contributed by atoms with van der Waals surface area (Å²) in [5.74, 6) is -0.572. The molecule has 1 amide bonds. The lowest BCUT2D eigenvalue weighted by Crippen LogP contribution is -2.09. The molecule has 0 aliphatic heterocycles. The second-order valence-electron chi connectivity index (χ2n) is 4.22. The van der Waals surface area contributed by atoms with Crippen LogP contribution in [0.5, 0.6) is 0 Å². The molecular weight excluding hydrogens is 297 g/mol. The van der Waals surface area contributed by atoms with Crippen molar-refractivity contribution >= 4 is 44.6 Å². The number of hydrogen-bond acceptors (Lipinski definition) is 2. The zero-order valence-electron chi connectivity index (χ0n) is 10.2. The lowest BCUT2D eigenvalue weighted by atomic mass is 10.2. The van der Waals surface area contributed by atoms with Gasteiger partial charge in [0.05, 0.1) is 4.88 Å². The zero-order chi connectivity index (χ0) is 14.1. The minimum absolute atomic E-state index is 0.257. The number of anilines is 1. The first kappa shape index (κ1) is 13.1. The van der Waals surface area contributed by atoms with E-state index in [0.29, 0.717) is 21.0 Å². The molecule has 2 nitrogen and oxygen atoms in total. The van der Waals surface area contributed by atoms with E-state index >= 15 is 0 Å². The van der Waals surface area contributed by atoms with Crippen LogP contribution in [0.2, 0.25) is 5.02 Å². The van der Waals surface area contributed by atoms with Crippen molar-refractivity contribution in [3.8, 4) is 0 Å². The number of fused-ring (bicyclic) bond motifs is 1. The molecule has 5 heteroatoms. The third kappa shape index (κ3) is 2.53. The monoisotopic (exact) mass is 305 g/mol. The van der Waals surface area contributed by atoms with E-state index < -0.39 is 0 Å². The van der Waals surface area contributed by atoms with Gasteiger partial charge in [0.2, 0.25) is 0 Å². The Morgan fingerprint density at radius 3 is 2.60 bits per heavy atom. The average molecular weight is 306 g/mol. The van der Waals surface area contributed by atoms with Gasteiger partial charge in [0.15, 0.2) is 0 Å². The predicted molar refractivity (Wildman–Crippen MR) is 81.2 cm³/mol. The van der Waals surface area contributed by atoms with Crippen LogP contribution in [0.4, 0.5) is 10.1 Å².